The molecule has 6 nitrogen and oxygen atoms in total. The number of carboxylic acid groups (broad SMARTS) is 1. The summed E-state index contributed by atoms with van der Waals surface area (Å²) in [6, 6.07) is 4.60. The lowest BCUT2D eigenvalue weighted by atomic mass is 9.99. The maximum Gasteiger partial charge on any atom is 0.326 e. The summed E-state index contributed by atoms with van der Waals surface area (Å²) in [6.45, 7) is 5.09. The number of nitrogens with one attached hydrogen (secondary N) is 1. The summed E-state index contributed by atoms with van der Waals surface area (Å²) in [7, 11) is -3.42. The molecule has 0 radical (unpaired) electrons. The summed E-state index contributed by atoms with van der Waals surface area (Å²) in [5, 5.41) is 11.6. The predicted molar refractivity (Wildman–Crippen MR) is 82.5 cm³/mol. The van der Waals surface area contributed by atoms with Crippen molar-refractivity contribution >= 4 is 21.7 Å². The molecular weight excluding hydrogens is 306 g/mol. The summed E-state index contributed by atoms with van der Waals surface area (Å²) in [4.78, 5) is 23.5. The summed E-state index contributed by atoms with van der Waals surface area (Å²) in [5.74, 6) is -2.01. The van der Waals surface area contributed by atoms with Crippen molar-refractivity contribution in [2.75, 3.05) is 5.75 Å². The van der Waals surface area contributed by atoms with Crippen molar-refractivity contribution in [2.45, 2.75) is 38.1 Å². The van der Waals surface area contributed by atoms with Crippen LogP contribution in [-0.2, 0) is 14.6 Å². The molecule has 122 valence electrons. The number of hydrogen-bond donors (Lipinski definition) is 2. The molecular formula is C15H21NO5S. The van der Waals surface area contributed by atoms with Crippen LogP contribution >= 0.6 is 0 Å². The molecule has 7 heteroatoms. The van der Waals surface area contributed by atoms with Crippen molar-refractivity contribution in [1.29, 1.82) is 0 Å². The van der Waals surface area contributed by atoms with Gasteiger partial charge in [-0.3, -0.25) is 4.79 Å². The second-order valence-corrected chi connectivity index (χ2v) is 7.38. The van der Waals surface area contributed by atoms with E-state index in [-0.39, 0.29) is 22.1 Å². The molecule has 1 aromatic rings. The second kappa shape index (κ2) is 7.40. The molecule has 0 saturated heterocycles. The van der Waals surface area contributed by atoms with E-state index in [1.165, 1.54) is 31.2 Å². The first-order chi connectivity index (χ1) is 10.2. The van der Waals surface area contributed by atoms with Gasteiger partial charge in [0.25, 0.3) is 5.91 Å². The molecule has 1 rings (SSSR count). The van der Waals surface area contributed by atoms with Crippen molar-refractivity contribution in [3.63, 3.8) is 0 Å². The van der Waals surface area contributed by atoms with E-state index in [1.54, 1.807) is 6.92 Å². The van der Waals surface area contributed by atoms with Crippen LogP contribution in [0.5, 0.6) is 0 Å². The minimum atomic E-state index is -3.42. The van der Waals surface area contributed by atoms with E-state index in [0.717, 1.165) is 0 Å². The van der Waals surface area contributed by atoms with Crippen molar-refractivity contribution < 1.29 is 23.1 Å². The molecule has 0 heterocycles. The Kier molecular flexibility index (Phi) is 6.11. The molecule has 0 aliphatic carbocycles. The van der Waals surface area contributed by atoms with Gasteiger partial charge in [0.15, 0.2) is 9.84 Å². The van der Waals surface area contributed by atoms with E-state index in [2.05, 4.69) is 5.32 Å². The van der Waals surface area contributed by atoms with Gasteiger partial charge in [0.1, 0.15) is 6.04 Å². The van der Waals surface area contributed by atoms with Crippen LogP contribution in [0.4, 0.5) is 0 Å². The minimum absolute atomic E-state index is 0.0538. The topological polar surface area (TPSA) is 101 Å². The number of rotatable bonds is 7. The van der Waals surface area contributed by atoms with Crippen LogP contribution in [0.3, 0.4) is 0 Å². The molecule has 0 aliphatic rings. The van der Waals surface area contributed by atoms with Gasteiger partial charge in [-0.1, -0.05) is 33.3 Å². The summed E-state index contributed by atoms with van der Waals surface area (Å²) in [6.07, 6.45) is 0.599. The highest BCUT2D eigenvalue weighted by Crippen LogP contribution is 2.14. The Morgan fingerprint density at radius 3 is 2.41 bits per heavy atom. The van der Waals surface area contributed by atoms with Crippen LogP contribution in [0, 0.1) is 5.92 Å². The number of aliphatic carboxylic acids is 1. The average molecular weight is 327 g/mol. The Morgan fingerprint density at radius 1 is 1.27 bits per heavy atom. The van der Waals surface area contributed by atoms with Gasteiger partial charge in [-0.25, -0.2) is 13.2 Å². The quantitative estimate of drug-likeness (QED) is 0.794. The molecule has 0 aromatic heterocycles. The van der Waals surface area contributed by atoms with Crippen molar-refractivity contribution in [3.05, 3.63) is 29.8 Å². The van der Waals surface area contributed by atoms with Gasteiger partial charge in [-0.05, 0) is 24.1 Å². The number of carbonyl (C=O) groups is 2. The molecule has 0 aliphatic heterocycles. The molecule has 2 N–H and O–H groups in total. The van der Waals surface area contributed by atoms with Gasteiger partial charge in [-0.2, -0.15) is 0 Å². The zero-order chi connectivity index (χ0) is 16.9. The van der Waals surface area contributed by atoms with Gasteiger partial charge < -0.3 is 10.4 Å². The maximum absolute atomic E-state index is 12.2. The first-order valence-electron chi connectivity index (χ1n) is 7.09. The highest BCUT2D eigenvalue weighted by atomic mass is 32.2. The van der Waals surface area contributed by atoms with Crippen LogP contribution in [0.15, 0.2) is 29.2 Å². The van der Waals surface area contributed by atoms with Crippen LogP contribution < -0.4 is 5.32 Å². The number of amides is 1. The highest BCUT2D eigenvalue weighted by Gasteiger charge is 2.26. The number of carboxylic acids is 1. The van der Waals surface area contributed by atoms with E-state index < -0.39 is 27.8 Å². The monoisotopic (exact) mass is 327 g/mol. The van der Waals surface area contributed by atoms with Gasteiger partial charge in [0.05, 0.1) is 10.6 Å². The van der Waals surface area contributed by atoms with Crippen LogP contribution in [-0.4, -0.2) is 37.2 Å². The Morgan fingerprint density at radius 2 is 1.91 bits per heavy atom. The van der Waals surface area contributed by atoms with Crippen molar-refractivity contribution in [2.24, 2.45) is 5.92 Å². The van der Waals surface area contributed by atoms with Crippen molar-refractivity contribution in [3.8, 4) is 0 Å². The number of hydrogen-bond acceptors (Lipinski definition) is 4. The lowest BCUT2D eigenvalue weighted by molar-refractivity contribution is -0.140. The average Bonchev–Trinajstić information content (AvgIpc) is 2.51. The molecule has 1 aromatic carbocycles. The van der Waals surface area contributed by atoms with Crippen LogP contribution in [0.2, 0.25) is 0 Å². The first kappa shape index (κ1) is 18.2. The third-order valence-corrected chi connectivity index (χ3v) is 5.33. The molecule has 0 spiro atoms. The fraction of sp³-hybridized carbons (Fsp3) is 0.467. The number of benzene rings is 1. The van der Waals surface area contributed by atoms with E-state index in [4.69, 9.17) is 0 Å². The minimum Gasteiger partial charge on any atom is -0.480 e. The smallest absolute Gasteiger partial charge is 0.326 e. The fourth-order valence-electron chi connectivity index (χ4n) is 1.91. The third kappa shape index (κ3) is 4.30. The molecule has 0 bridgehead atoms. The number of carbonyl (C=O) groups excluding carboxylic acids is 1. The summed E-state index contributed by atoms with van der Waals surface area (Å²) < 4.78 is 23.7. The van der Waals surface area contributed by atoms with Gasteiger partial charge in [-0.15, -0.1) is 0 Å². The normalized spacial score (nSPS) is 14.1. The molecule has 0 saturated carbocycles. The van der Waals surface area contributed by atoms with Gasteiger partial charge >= 0.3 is 5.97 Å². The Bertz CT molecular complexity index is 654. The predicted octanol–water partition coefficient (Wildman–Crippen LogP) is 1.71. The largest absolute Gasteiger partial charge is 0.480 e. The Labute approximate surface area is 130 Å². The Hall–Kier alpha value is -1.89. The third-order valence-electron chi connectivity index (χ3n) is 3.60. The van der Waals surface area contributed by atoms with E-state index in [0.29, 0.717) is 6.42 Å². The summed E-state index contributed by atoms with van der Waals surface area (Å²) in [5.41, 5.74) is 0.129. The second-order valence-electron chi connectivity index (χ2n) is 5.11. The highest BCUT2D eigenvalue weighted by molar-refractivity contribution is 7.91. The molecule has 0 fully saturated rings. The summed E-state index contributed by atoms with van der Waals surface area (Å²) >= 11 is 0. The van der Waals surface area contributed by atoms with Gasteiger partial charge in [0, 0.05) is 5.56 Å². The van der Waals surface area contributed by atoms with Crippen LogP contribution in [0.25, 0.3) is 0 Å². The lowest BCUT2D eigenvalue weighted by Crippen LogP contribution is -2.45. The molecule has 2 atom stereocenters. The first-order valence-corrected chi connectivity index (χ1v) is 8.74. The van der Waals surface area contributed by atoms with Crippen molar-refractivity contribution in [1.82, 2.24) is 5.32 Å². The van der Waals surface area contributed by atoms with E-state index in [9.17, 15) is 23.1 Å². The van der Waals surface area contributed by atoms with E-state index >= 15 is 0 Å². The van der Waals surface area contributed by atoms with E-state index in [1.807, 2.05) is 6.92 Å². The molecule has 1 amide bonds. The standard InChI is InChI=1S/C15H21NO5S/c1-4-10(3)13(15(18)19)16-14(17)11-7-6-8-12(9-11)22(20,21)5-2/h6-10,13H,4-5H2,1-3H3,(H,16,17)(H,18,19). The maximum atomic E-state index is 12.2. The lowest BCUT2D eigenvalue weighted by Gasteiger charge is -2.20. The molecule has 22 heavy (non-hydrogen) atoms. The fourth-order valence-corrected chi connectivity index (χ4v) is 2.83. The van der Waals surface area contributed by atoms with Crippen LogP contribution in [0.1, 0.15) is 37.6 Å². The zero-order valence-electron chi connectivity index (χ0n) is 12.9. The SMILES string of the molecule is CCC(C)C(NC(=O)c1cccc(S(=O)(=O)CC)c1)C(=O)O. The zero-order valence-corrected chi connectivity index (χ0v) is 13.7. The molecule has 2 unspecified atom stereocenters. The Balaban J connectivity index is 3.04. The van der Waals surface area contributed by atoms with Gasteiger partial charge in [0.2, 0.25) is 0 Å². The number of sulfone groups is 1.